The van der Waals surface area contributed by atoms with Gasteiger partial charge < -0.3 is 4.74 Å². The highest BCUT2D eigenvalue weighted by molar-refractivity contribution is 9.10. The van der Waals surface area contributed by atoms with Gasteiger partial charge in [0.1, 0.15) is 0 Å². The van der Waals surface area contributed by atoms with Gasteiger partial charge >= 0.3 is 5.97 Å². The number of ether oxygens (including phenoxy) is 1. The fourth-order valence-corrected chi connectivity index (χ4v) is 1.76. The summed E-state index contributed by atoms with van der Waals surface area (Å²) < 4.78 is 8.48. The summed E-state index contributed by atoms with van der Waals surface area (Å²) in [6, 6.07) is 9.28. The molecule has 0 saturated heterocycles. The molecule has 1 rings (SSSR count). The minimum atomic E-state index is -0.820. The molecular weight excluding hydrogens is 439 g/mol. The highest BCUT2D eigenvalue weighted by Crippen LogP contribution is 2.21. The summed E-state index contributed by atoms with van der Waals surface area (Å²) in [5.74, 6) is -1.23. The molecule has 24 heavy (non-hydrogen) atoms. The molecule has 0 unspecified atom stereocenters. The second kappa shape index (κ2) is 10.8. The van der Waals surface area contributed by atoms with Gasteiger partial charge in [-0.15, -0.1) is 0 Å². The summed E-state index contributed by atoms with van der Waals surface area (Å²) >= 11 is 6.40. The van der Waals surface area contributed by atoms with Gasteiger partial charge in [-0.25, -0.2) is 4.79 Å². The number of halogens is 2. The zero-order valence-corrected chi connectivity index (χ0v) is 17.7. The highest BCUT2D eigenvalue weighted by atomic mass is 79.9. The fourth-order valence-electron chi connectivity index (χ4n) is 1.37. The largest absolute Gasteiger partial charge is 0.460 e. The molecule has 1 aromatic carbocycles. The first kappa shape index (κ1) is 23.1. The number of carbonyl (C=O) groups excluding carboxylic acids is 3. The Kier molecular flexibility index (Phi) is 10.4. The van der Waals surface area contributed by atoms with Crippen molar-refractivity contribution in [1.29, 1.82) is 1.34 Å². The van der Waals surface area contributed by atoms with E-state index < -0.39 is 20.4 Å². The average Bonchev–Trinajstić information content (AvgIpc) is 2.55. The summed E-state index contributed by atoms with van der Waals surface area (Å²) in [6.07, 6.45) is 0. The van der Waals surface area contributed by atoms with Crippen molar-refractivity contribution in [2.24, 2.45) is 0 Å². The normalized spacial score (nSPS) is 10.9. The predicted octanol–water partition coefficient (Wildman–Crippen LogP) is 3.69. The van der Waals surface area contributed by atoms with E-state index in [1.54, 1.807) is 20.8 Å². The van der Waals surface area contributed by atoms with E-state index in [9.17, 15) is 14.4 Å². The third-order valence-corrected chi connectivity index (χ3v) is 3.30. The van der Waals surface area contributed by atoms with Crippen LogP contribution < -0.4 is 0 Å². The molecular formula is C17H23BBr2O4. The van der Waals surface area contributed by atoms with Gasteiger partial charge in [-0.3, -0.25) is 9.59 Å². The Morgan fingerprint density at radius 1 is 1.04 bits per heavy atom. The number of alkyl halides is 2. The first-order valence-corrected chi connectivity index (χ1v) is 8.69. The monoisotopic (exact) mass is 461 g/mol. The van der Waals surface area contributed by atoms with Crippen LogP contribution in [0.15, 0.2) is 30.3 Å². The van der Waals surface area contributed by atoms with E-state index in [2.05, 4.69) is 45.0 Å². The zero-order valence-electron chi connectivity index (χ0n) is 15.6. The Balaban J connectivity index is 0. The van der Waals surface area contributed by atoms with Gasteiger partial charge in [-0.2, -0.15) is 0 Å². The summed E-state index contributed by atoms with van der Waals surface area (Å²) in [6.45, 7) is 8.79. The van der Waals surface area contributed by atoms with Crippen LogP contribution in [-0.2, 0) is 14.3 Å². The van der Waals surface area contributed by atoms with E-state index in [0.29, 0.717) is 0 Å². The van der Waals surface area contributed by atoms with Crippen LogP contribution >= 0.6 is 31.9 Å². The molecule has 0 aliphatic heterocycles. The van der Waals surface area contributed by atoms with Crippen LogP contribution in [0.1, 0.15) is 45.0 Å². The number of benzene rings is 1. The van der Waals surface area contributed by atoms with Crippen LogP contribution in [0.5, 0.6) is 0 Å². The van der Waals surface area contributed by atoms with E-state index in [0.717, 1.165) is 5.56 Å². The molecule has 0 aromatic heterocycles. The molecule has 0 spiro atoms. The topological polar surface area (TPSA) is 60.4 Å². The van der Waals surface area contributed by atoms with Crippen molar-refractivity contribution in [2.45, 2.75) is 43.3 Å². The van der Waals surface area contributed by atoms with Gasteiger partial charge in [0, 0.05) is 13.9 Å². The molecule has 0 atom stereocenters. The van der Waals surface area contributed by atoms with E-state index in [1.165, 1.54) is 0 Å². The third-order valence-electron chi connectivity index (χ3n) is 2.58. The Morgan fingerprint density at radius 3 is 1.83 bits per heavy atom. The van der Waals surface area contributed by atoms with Crippen molar-refractivity contribution >= 4 is 57.8 Å². The van der Waals surface area contributed by atoms with Gasteiger partial charge in [0.15, 0.2) is 5.78 Å². The van der Waals surface area contributed by atoms with E-state index in [-0.39, 0.29) is 12.4 Å². The lowest BCUT2D eigenvalue weighted by molar-refractivity contribution is -0.154. The summed E-state index contributed by atoms with van der Waals surface area (Å²) in [7, 11) is 3.75. The van der Waals surface area contributed by atoms with Crippen molar-refractivity contribution < 1.29 is 19.1 Å². The van der Waals surface area contributed by atoms with Gasteiger partial charge in [-0.1, -0.05) is 62.2 Å². The smallest absolute Gasteiger partial charge is 0.376 e. The van der Waals surface area contributed by atoms with Crippen LogP contribution in [0, 0.1) is 0 Å². The van der Waals surface area contributed by atoms with Crippen molar-refractivity contribution in [1.82, 2.24) is 0 Å². The number of Topliss-reactive ketones (excluding diaryl/α,β-unsaturated/α-hetero) is 2. The van der Waals surface area contributed by atoms with Crippen LogP contribution in [0.4, 0.5) is 0 Å². The number of carbonyl (C=O) groups is 3. The lowest BCUT2D eigenvalue weighted by Gasteiger charge is -2.13. The molecule has 4 nitrogen and oxygen atoms in total. The van der Waals surface area contributed by atoms with Crippen molar-refractivity contribution in [2.75, 3.05) is 6.61 Å². The Bertz CT molecular complexity index is 552. The standard InChI is InChI=1S/C10H11BrO.C7H11BrO3.BH/c1-10(2,11)9(12)8-6-4-3-5-7-8;1-4-11-6(10)5(9)7(2,3)8;/h3-7H,1-2H3;4H2,1-3H3;1H/i;;1D. The predicted molar refractivity (Wildman–Crippen MR) is 106 cm³/mol. The molecule has 2 radical (unpaired) electrons. The number of hydrogen-bond acceptors (Lipinski definition) is 4. The van der Waals surface area contributed by atoms with E-state index >= 15 is 0 Å². The molecule has 0 amide bonds. The summed E-state index contributed by atoms with van der Waals surface area (Å²) in [5, 5.41) is 0. The van der Waals surface area contributed by atoms with Crippen LogP contribution in [0.2, 0.25) is 0 Å². The van der Waals surface area contributed by atoms with Gasteiger partial charge in [0.05, 0.1) is 15.3 Å². The lowest BCUT2D eigenvalue weighted by atomic mass is 10.0. The highest BCUT2D eigenvalue weighted by Gasteiger charge is 2.31. The molecule has 0 saturated carbocycles. The Hall–Kier alpha value is -0.945. The van der Waals surface area contributed by atoms with Gasteiger partial charge in [0.25, 0.3) is 5.78 Å². The minimum Gasteiger partial charge on any atom is -0.460 e. The van der Waals surface area contributed by atoms with E-state index in [1.807, 2.05) is 44.2 Å². The number of esters is 1. The molecule has 0 bridgehead atoms. The Labute approximate surface area is 163 Å². The maximum absolute atomic E-state index is 11.6. The SMILES string of the molecule is CC(C)(Br)C(=O)c1ccccc1.CCOC(=O)C(=O)C(C)(C)Br.[2H][B]. The molecule has 0 aliphatic carbocycles. The fraction of sp³-hybridized carbons (Fsp3) is 0.471. The molecule has 0 aliphatic rings. The second-order valence-corrected chi connectivity index (χ2v) is 9.65. The van der Waals surface area contributed by atoms with E-state index in [4.69, 9.17) is 1.34 Å². The molecule has 0 fully saturated rings. The summed E-state index contributed by atoms with van der Waals surface area (Å²) in [4.78, 5) is 33.4. The molecule has 0 N–H and O–H groups in total. The first-order valence-electron chi connectivity index (χ1n) is 7.68. The number of ketones is 2. The maximum Gasteiger partial charge on any atom is 0.376 e. The maximum atomic E-state index is 11.6. The Morgan fingerprint density at radius 2 is 1.50 bits per heavy atom. The quantitative estimate of drug-likeness (QED) is 0.220. The van der Waals surface area contributed by atoms with Crippen LogP contribution in [0.25, 0.3) is 0 Å². The number of hydrogen-bond donors (Lipinski definition) is 0. The molecule has 132 valence electrons. The van der Waals surface area contributed by atoms with Crippen molar-refractivity contribution in [3.05, 3.63) is 35.9 Å². The third kappa shape index (κ3) is 9.37. The average molecular weight is 463 g/mol. The number of rotatable bonds is 5. The lowest BCUT2D eigenvalue weighted by Crippen LogP contribution is -2.33. The molecule has 0 heterocycles. The first-order chi connectivity index (χ1) is 11.4. The van der Waals surface area contributed by atoms with Crippen LogP contribution in [0.3, 0.4) is 0 Å². The summed E-state index contributed by atoms with van der Waals surface area (Å²) in [5.41, 5.74) is 0.749. The van der Waals surface area contributed by atoms with Crippen molar-refractivity contribution in [3.63, 3.8) is 0 Å². The second-order valence-electron chi connectivity index (χ2n) is 5.69. The van der Waals surface area contributed by atoms with Gasteiger partial charge in [-0.05, 0) is 36.0 Å². The minimum absolute atomic E-state index is 0.114. The van der Waals surface area contributed by atoms with Crippen molar-refractivity contribution in [3.8, 4) is 0 Å². The zero-order chi connectivity index (χ0) is 20.3. The molecule has 7 heteroatoms. The van der Waals surface area contributed by atoms with Crippen LogP contribution in [-0.4, -0.2) is 42.5 Å². The van der Waals surface area contributed by atoms with Gasteiger partial charge in [0.2, 0.25) is 0 Å². The molecule has 1 aromatic rings.